The van der Waals surface area contributed by atoms with E-state index in [0.29, 0.717) is 37.0 Å². The van der Waals surface area contributed by atoms with E-state index in [1.165, 1.54) is 0 Å². The van der Waals surface area contributed by atoms with Gasteiger partial charge < -0.3 is 10.1 Å². The minimum atomic E-state index is -2.32. The monoisotopic (exact) mass is 403 g/mol. The highest BCUT2D eigenvalue weighted by atomic mass is 19.2. The molecule has 4 fully saturated rings. The van der Waals surface area contributed by atoms with Crippen molar-refractivity contribution in [2.45, 2.75) is 38.5 Å². The van der Waals surface area contributed by atoms with Crippen molar-refractivity contribution in [3.8, 4) is 0 Å². The first-order valence-corrected chi connectivity index (χ1v) is 9.18. The Morgan fingerprint density at radius 3 is 1.71 bits per heavy atom. The summed E-state index contributed by atoms with van der Waals surface area (Å²) in [6.07, 6.45) is 5.43. The van der Waals surface area contributed by atoms with Crippen LogP contribution in [0.3, 0.4) is 0 Å². The van der Waals surface area contributed by atoms with Crippen molar-refractivity contribution >= 4 is 17.6 Å². The van der Waals surface area contributed by atoms with Gasteiger partial charge in [0.05, 0.1) is 5.41 Å². The maximum absolute atomic E-state index is 13.6. The Kier molecular flexibility index (Phi) is 4.58. The largest absolute Gasteiger partial charge is 0.455 e. The highest BCUT2D eigenvalue weighted by Crippen LogP contribution is 2.60. The molecule has 4 nitrogen and oxygen atoms in total. The van der Waals surface area contributed by atoms with Gasteiger partial charge in [0.15, 0.2) is 29.9 Å². The molecule has 1 amide bonds. The normalized spacial score (nSPS) is 30.4. The second kappa shape index (κ2) is 6.70. The Hall–Kier alpha value is -2.19. The van der Waals surface area contributed by atoms with E-state index >= 15 is 0 Å². The van der Waals surface area contributed by atoms with Gasteiger partial charge in [-0.05, 0) is 56.3 Å². The van der Waals surface area contributed by atoms with E-state index in [9.17, 15) is 31.5 Å². The van der Waals surface area contributed by atoms with Crippen LogP contribution in [0.25, 0.3) is 0 Å². The molecule has 4 aliphatic rings. The van der Waals surface area contributed by atoms with E-state index < -0.39 is 58.7 Å². The number of carbonyl (C=O) groups is 2. The van der Waals surface area contributed by atoms with E-state index in [0.717, 1.165) is 19.3 Å². The molecule has 0 unspecified atom stereocenters. The Morgan fingerprint density at radius 2 is 1.25 bits per heavy atom. The molecule has 0 atom stereocenters. The quantitative estimate of drug-likeness (QED) is 0.357. The molecular weight excluding hydrogens is 385 g/mol. The highest BCUT2D eigenvalue weighted by molar-refractivity contribution is 5.93. The molecule has 1 N–H and O–H groups in total. The predicted octanol–water partition coefficient (Wildman–Crippen LogP) is 4.08. The third-order valence-corrected chi connectivity index (χ3v) is 6.28. The van der Waals surface area contributed by atoms with E-state index in [1.54, 1.807) is 5.32 Å². The molecule has 0 radical (unpaired) electrons. The molecule has 4 bridgehead atoms. The lowest BCUT2D eigenvalue weighted by molar-refractivity contribution is -0.172. The summed E-state index contributed by atoms with van der Waals surface area (Å²) >= 11 is 0. The van der Waals surface area contributed by atoms with E-state index in [4.69, 9.17) is 4.74 Å². The first kappa shape index (κ1) is 19.1. The fourth-order valence-corrected chi connectivity index (χ4v) is 5.53. The molecular formula is C19H18F5NO3. The van der Waals surface area contributed by atoms with E-state index in [1.807, 2.05) is 0 Å². The molecule has 0 aliphatic heterocycles. The smallest absolute Gasteiger partial charge is 0.312 e. The summed E-state index contributed by atoms with van der Waals surface area (Å²) in [6, 6.07) is 0. The van der Waals surface area contributed by atoms with Crippen LogP contribution in [-0.4, -0.2) is 18.5 Å². The zero-order chi connectivity index (χ0) is 20.2. The van der Waals surface area contributed by atoms with Crippen molar-refractivity contribution in [3.63, 3.8) is 0 Å². The van der Waals surface area contributed by atoms with Gasteiger partial charge in [0.1, 0.15) is 5.69 Å². The fraction of sp³-hybridized carbons (Fsp3) is 0.579. The van der Waals surface area contributed by atoms with Crippen LogP contribution in [0.2, 0.25) is 0 Å². The first-order chi connectivity index (χ1) is 13.2. The molecule has 28 heavy (non-hydrogen) atoms. The number of nitrogens with one attached hydrogen (secondary N) is 1. The molecule has 0 aromatic heterocycles. The lowest BCUT2D eigenvalue weighted by atomic mass is 9.49. The maximum atomic E-state index is 13.6. The number of ether oxygens (including phenoxy) is 1. The fourth-order valence-electron chi connectivity index (χ4n) is 5.53. The van der Waals surface area contributed by atoms with Gasteiger partial charge in [-0.25, -0.2) is 22.0 Å². The molecule has 9 heteroatoms. The topological polar surface area (TPSA) is 55.4 Å². The van der Waals surface area contributed by atoms with Crippen LogP contribution >= 0.6 is 0 Å². The van der Waals surface area contributed by atoms with Crippen molar-refractivity contribution in [2.75, 3.05) is 11.9 Å². The van der Waals surface area contributed by atoms with Crippen LogP contribution in [0.1, 0.15) is 38.5 Å². The Balaban J connectivity index is 1.41. The van der Waals surface area contributed by atoms with Gasteiger partial charge in [0.2, 0.25) is 5.82 Å². The lowest BCUT2D eigenvalue weighted by Crippen LogP contribution is -2.50. The number of benzene rings is 1. The maximum Gasteiger partial charge on any atom is 0.312 e. The number of halogens is 5. The molecule has 1 aromatic rings. The van der Waals surface area contributed by atoms with Crippen LogP contribution in [0.15, 0.2) is 0 Å². The summed E-state index contributed by atoms with van der Waals surface area (Å²) in [4.78, 5) is 24.5. The van der Waals surface area contributed by atoms with E-state index in [-0.39, 0.29) is 0 Å². The molecule has 1 aromatic carbocycles. The first-order valence-electron chi connectivity index (χ1n) is 9.18. The third-order valence-electron chi connectivity index (χ3n) is 6.28. The van der Waals surface area contributed by atoms with Crippen molar-refractivity contribution in [2.24, 2.45) is 23.2 Å². The number of amides is 1. The van der Waals surface area contributed by atoms with Crippen LogP contribution in [-0.2, 0) is 14.3 Å². The zero-order valence-corrected chi connectivity index (χ0v) is 14.8. The van der Waals surface area contributed by atoms with Crippen LogP contribution < -0.4 is 5.32 Å². The van der Waals surface area contributed by atoms with Crippen molar-refractivity contribution in [3.05, 3.63) is 29.1 Å². The summed E-state index contributed by atoms with van der Waals surface area (Å²) in [5.74, 6) is -11.3. The Morgan fingerprint density at radius 1 is 0.821 bits per heavy atom. The summed E-state index contributed by atoms with van der Waals surface area (Å²) in [6.45, 7) is -0.861. The number of rotatable bonds is 4. The average Bonchev–Trinajstić information content (AvgIpc) is 2.65. The number of esters is 1. The van der Waals surface area contributed by atoms with Gasteiger partial charge in [-0.1, -0.05) is 0 Å². The van der Waals surface area contributed by atoms with Gasteiger partial charge in [-0.15, -0.1) is 0 Å². The van der Waals surface area contributed by atoms with Crippen molar-refractivity contribution in [1.82, 2.24) is 0 Å². The highest BCUT2D eigenvalue weighted by Gasteiger charge is 2.55. The third kappa shape index (κ3) is 3.04. The van der Waals surface area contributed by atoms with Crippen LogP contribution in [0, 0.1) is 52.3 Å². The molecule has 0 heterocycles. The standard InChI is InChI=1S/C19H18F5NO3/c20-12-13(21)15(23)17(16(24)14(12)22)25-11(26)7-28-18(27)19-4-8-1-9(5-19)3-10(2-8)6-19/h8-10H,1-7H2,(H,25,26). The Bertz CT molecular complexity index is 792. The van der Waals surface area contributed by atoms with Gasteiger partial charge in [0, 0.05) is 0 Å². The number of hydrogen-bond acceptors (Lipinski definition) is 3. The van der Waals surface area contributed by atoms with Crippen LogP contribution in [0.4, 0.5) is 27.6 Å². The minimum Gasteiger partial charge on any atom is -0.455 e. The van der Waals surface area contributed by atoms with Gasteiger partial charge in [-0.2, -0.15) is 0 Å². The van der Waals surface area contributed by atoms with Crippen molar-refractivity contribution in [1.29, 1.82) is 0 Å². The zero-order valence-electron chi connectivity index (χ0n) is 14.8. The van der Waals surface area contributed by atoms with Crippen molar-refractivity contribution < 1.29 is 36.3 Å². The molecule has 5 rings (SSSR count). The molecule has 152 valence electrons. The summed E-state index contributed by atoms with van der Waals surface area (Å²) in [5, 5.41) is 1.60. The minimum absolute atomic E-state index is 0.473. The molecule has 4 aliphatic carbocycles. The summed E-state index contributed by atoms with van der Waals surface area (Å²) in [7, 11) is 0. The number of hydrogen-bond donors (Lipinski definition) is 1. The molecule has 0 spiro atoms. The molecule has 0 saturated heterocycles. The lowest BCUT2D eigenvalue weighted by Gasteiger charge is -2.55. The van der Waals surface area contributed by atoms with E-state index in [2.05, 4.69) is 0 Å². The SMILES string of the molecule is O=C(COC(=O)C12CC3CC(CC(C3)C1)C2)Nc1c(F)c(F)c(F)c(F)c1F. The number of carbonyl (C=O) groups excluding carboxylic acids is 2. The molecule has 4 saturated carbocycles. The average molecular weight is 403 g/mol. The van der Waals surface area contributed by atoms with Gasteiger partial charge in [0.25, 0.3) is 5.91 Å². The van der Waals surface area contributed by atoms with Crippen LogP contribution in [0.5, 0.6) is 0 Å². The number of anilines is 1. The Labute approximate surface area is 157 Å². The summed E-state index contributed by atoms with van der Waals surface area (Å²) < 4.78 is 71.7. The second-order valence-corrected chi connectivity index (χ2v) is 8.27. The van der Waals surface area contributed by atoms with Gasteiger partial charge >= 0.3 is 5.97 Å². The summed E-state index contributed by atoms with van der Waals surface area (Å²) in [5.41, 5.74) is -2.09. The van der Waals surface area contributed by atoms with Gasteiger partial charge in [-0.3, -0.25) is 9.59 Å². The predicted molar refractivity (Wildman–Crippen MR) is 86.4 cm³/mol. The second-order valence-electron chi connectivity index (χ2n) is 8.27.